The Kier molecular flexibility index (Phi) is 1.72. The number of nitrogens with zero attached hydrogens (tertiary/aromatic N) is 1. The highest BCUT2D eigenvalue weighted by Crippen LogP contribution is 1.92. The van der Waals surface area contributed by atoms with E-state index in [4.69, 9.17) is 0 Å². The summed E-state index contributed by atoms with van der Waals surface area (Å²) in [5.74, 6) is 0.104. The molecule has 0 unspecified atom stereocenters. The van der Waals surface area contributed by atoms with Crippen molar-refractivity contribution in [3.63, 3.8) is 0 Å². The smallest absolute Gasteiger partial charge is 0.223 e. The van der Waals surface area contributed by atoms with Gasteiger partial charge in [0.05, 0.1) is 0 Å². The topological polar surface area (TPSA) is 32.3 Å². The summed E-state index contributed by atoms with van der Waals surface area (Å²) in [4.78, 5) is 12.3. The molecule has 50 valence electrons. The summed E-state index contributed by atoms with van der Waals surface area (Å²) < 4.78 is 0. The Morgan fingerprint density at radius 2 is 2.56 bits per heavy atom. The third kappa shape index (κ3) is 1.45. The predicted molar refractivity (Wildman–Crippen MR) is 34.5 cm³/mol. The van der Waals surface area contributed by atoms with Crippen molar-refractivity contribution in [3.8, 4) is 0 Å². The summed E-state index contributed by atoms with van der Waals surface area (Å²) in [5.41, 5.74) is 0. The molecule has 0 aromatic carbocycles. The Morgan fingerprint density at radius 3 is 2.89 bits per heavy atom. The molecule has 3 nitrogen and oxygen atoms in total. The molecule has 3 heteroatoms. The molecule has 1 N–H and O–H groups in total. The summed E-state index contributed by atoms with van der Waals surface area (Å²) in [5, 5.41) is 3.00. The van der Waals surface area contributed by atoms with Crippen molar-refractivity contribution in [2.45, 2.75) is 6.92 Å². The third-order valence-corrected chi connectivity index (χ3v) is 1.27. The Labute approximate surface area is 54.3 Å². The molecule has 0 spiro atoms. The second-order valence-corrected chi connectivity index (χ2v) is 1.98. The van der Waals surface area contributed by atoms with Gasteiger partial charge in [-0.15, -0.1) is 0 Å². The molecule has 0 saturated heterocycles. The van der Waals surface area contributed by atoms with E-state index in [-0.39, 0.29) is 5.91 Å². The number of carbonyl (C=O) groups excluding carboxylic acids is 1. The monoisotopic (exact) mass is 126 g/mol. The van der Waals surface area contributed by atoms with Crippen LogP contribution in [0.3, 0.4) is 0 Å². The zero-order chi connectivity index (χ0) is 6.69. The van der Waals surface area contributed by atoms with Crippen LogP contribution in [0.1, 0.15) is 6.92 Å². The second-order valence-electron chi connectivity index (χ2n) is 1.98. The number of amides is 1. The number of hydrogen-bond donors (Lipinski definition) is 1. The fourth-order valence-electron chi connectivity index (χ4n) is 0.748. The molecule has 0 atom stereocenters. The van der Waals surface area contributed by atoms with Gasteiger partial charge in [0.25, 0.3) is 0 Å². The highest BCUT2D eigenvalue weighted by Gasteiger charge is 2.05. The van der Waals surface area contributed by atoms with Crippen LogP contribution in [0.4, 0.5) is 0 Å². The average Bonchev–Trinajstić information content (AvgIpc) is 1.90. The van der Waals surface area contributed by atoms with Gasteiger partial charge in [0, 0.05) is 32.4 Å². The van der Waals surface area contributed by atoms with Crippen LogP contribution >= 0.6 is 0 Å². The van der Waals surface area contributed by atoms with Crippen molar-refractivity contribution < 1.29 is 4.79 Å². The first-order valence-corrected chi connectivity index (χ1v) is 2.98. The molecule has 0 aromatic rings. The van der Waals surface area contributed by atoms with E-state index in [9.17, 15) is 4.79 Å². The maximum absolute atomic E-state index is 10.6. The van der Waals surface area contributed by atoms with Gasteiger partial charge in [-0.25, -0.2) is 0 Å². The average molecular weight is 126 g/mol. The van der Waals surface area contributed by atoms with Gasteiger partial charge in [0.15, 0.2) is 0 Å². The summed E-state index contributed by atoms with van der Waals surface area (Å²) in [6, 6.07) is 0. The molecule has 1 rings (SSSR count). The zero-order valence-corrected chi connectivity index (χ0v) is 5.42. The van der Waals surface area contributed by atoms with E-state index >= 15 is 0 Å². The van der Waals surface area contributed by atoms with Crippen LogP contribution < -0.4 is 5.32 Å². The van der Waals surface area contributed by atoms with Crippen molar-refractivity contribution in [3.05, 3.63) is 12.4 Å². The van der Waals surface area contributed by atoms with E-state index in [0.29, 0.717) is 0 Å². The molecule has 1 aliphatic heterocycles. The number of rotatable bonds is 0. The molecule has 0 fully saturated rings. The van der Waals surface area contributed by atoms with Gasteiger partial charge in [0.2, 0.25) is 5.91 Å². The van der Waals surface area contributed by atoms with E-state index in [0.717, 1.165) is 13.1 Å². The van der Waals surface area contributed by atoms with Crippen LogP contribution in [0.2, 0.25) is 0 Å². The van der Waals surface area contributed by atoms with Crippen LogP contribution in [-0.4, -0.2) is 23.9 Å². The molecule has 0 aliphatic carbocycles. The Bertz CT molecular complexity index is 142. The van der Waals surface area contributed by atoms with Gasteiger partial charge in [-0.1, -0.05) is 0 Å². The molecule has 0 aromatic heterocycles. The van der Waals surface area contributed by atoms with Crippen LogP contribution in [0.25, 0.3) is 0 Å². The van der Waals surface area contributed by atoms with Crippen molar-refractivity contribution >= 4 is 5.91 Å². The minimum absolute atomic E-state index is 0.104. The number of nitrogens with one attached hydrogen (secondary N) is 1. The lowest BCUT2D eigenvalue weighted by Crippen LogP contribution is -2.34. The van der Waals surface area contributed by atoms with Gasteiger partial charge in [0.1, 0.15) is 0 Å². The molecule has 1 heterocycles. The lowest BCUT2D eigenvalue weighted by atomic mass is 10.4. The summed E-state index contributed by atoms with van der Waals surface area (Å²) in [7, 11) is 0. The maximum atomic E-state index is 10.6. The lowest BCUT2D eigenvalue weighted by molar-refractivity contribution is -0.126. The molecule has 0 bridgehead atoms. The van der Waals surface area contributed by atoms with Crippen molar-refractivity contribution in [2.24, 2.45) is 0 Å². The minimum Gasteiger partial charge on any atom is -0.388 e. The highest BCUT2D eigenvalue weighted by molar-refractivity contribution is 5.74. The largest absolute Gasteiger partial charge is 0.388 e. The predicted octanol–water partition coefficient (Wildman–Crippen LogP) is -0.0907. The van der Waals surface area contributed by atoms with Crippen LogP contribution in [0.5, 0.6) is 0 Å². The van der Waals surface area contributed by atoms with Crippen LogP contribution in [0, 0.1) is 0 Å². The van der Waals surface area contributed by atoms with Gasteiger partial charge in [-0.3, -0.25) is 4.79 Å². The first kappa shape index (κ1) is 6.13. The molecule has 1 aliphatic rings. The van der Waals surface area contributed by atoms with Gasteiger partial charge >= 0.3 is 0 Å². The molecule has 1 amide bonds. The Hall–Kier alpha value is -0.990. The van der Waals surface area contributed by atoms with Gasteiger partial charge < -0.3 is 10.2 Å². The van der Waals surface area contributed by atoms with E-state index < -0.39 is 0 Å². The fourth-order valence-corrected chi connectivity index (χ4v) is 0.748. The molecule has 9 heavy (non-hydrogen) atoms. The summed E-state index contributed by atoms with van der Waals surface area (Å²) >= 11 is 0. The third-order valence-electron chi connectivity index (χ3n) is 1.27. The molecule has 0 saturated carbocycles. The minimum atomic E-state index is 0.104. The first-order chi connectivity index (χ1) is 4.30. The van der Waals surface area contributed by atoms with Crippen LogP contribution in [-0.2, 0) is 4.79 Å². The number of carbonyl (C=O) groups is 1. The number of hydrogen-bond acceptors (Lipinski definition) is 2. The van der Waals surface area contributed by atoms with E-state index in [2.05, 4.69) is 5.32 Å². The summed E-state index contributed by atoms with van der Waals surface area (Å²) in [6.45, 7) is 3.21. The first-order valence-electron chi connectivity index (χ1n) is 2.98. The van der Waals surface area contributed by atoms with Gasteiger partial charge in [-0.2, -0.15) is 0 Å². The second kappa shape index (κ2) is 2.53. The zero-order valence-electron chi connectivity index (χ0n) is 5.42. The fraction of sp³-hybridized carbons (Fsp3) is 0.500. The molecular weight excluding hydrogens is 116 g/mol. The molecular formula is C6H10N2O. The highest BCUT2D eigenvalue weighted by atomic mass is 16.2. The normalized spacial score (nSPS) is 17.2. The quantitative estimate of drug-likeness (QED) is 0.492. The Morgan fingerprint density at radius 1 is 1.78 bits per heavy atom. The van der Waals surface area contributed by atoms with Gasteiger partial charge in [-0.05, 0) is 0 Å². The van der Waals surface area contributed by atoms with E-state index in [1.54, 1.807) is 24.2 Å². The van der Waals surface area contributed by atoms with E-state index in [1.807, 2.05) is 0 Å². The van der Waals surface area contributed by atoms with Crippen molar-refractivity contribution in [1.82, 2.24) is 10.2 Å². The SMILES string of the molecule is CC(=O)N1C=CNCC1. The van der Waals surface area contributed by atoms with E-state index in [1.165, 1.54) is 0 Å². The maximum Gasteiger partial charge on any atom is 0.223 e. The summed E-state index contributed by atoms with van der Waals surface area (Å²) in [6.07, 6.45) is 3.54. The lowest BCUT2D eigenvalue weighted by Gasteiger charge is -2.19. The van der Waals surface area contributed by atoms with Crippen molar-refractivity contribution in [2.75, 3.05) is 13.1 Å². The molecule has 0 radical (unpaired) electrons. The Balaban J connectivity index is 2.50. The standard InChI is InChI=1S/C6H10N2O/c1-6(9)8-4-2-7-3-5-8/h2,4,7H,3,5H2,1H3. The van der Waals surface area contributed by atoms with Crippen LogP contribution in [0.15, 0.2) is 12.4 Å². The van der Waals surface area contributed by atoms with Crippen molar-refractivity contribution in [1.29, 1.82) is 0 Å².